The van der Waals surface area contributed by atoms with E-state index < -0.39 is 6.03 Å². The molecule has 2 heterocycles. The molecule has 28 heavy (non-hydrogen) atoms. The number of aromatic nitrogens is 3. The van der Waals surface area contributed by atoms with Crippen molar-refractivity contribution < 1.29 is 9.59 Å². The number of carbonyl (C=O) groups is 2. The van der Waals surface area contributed by atoms with Crippen LogP contribution in [-0.4, -0.2) is 32.5 Å². The highest BCUT2D eigenvalue weighted by molar-refractivity contribution is 7.99. The molecule has 0 bridgehead atoms. The summed E-state index contributed by atoms with van der Waals surface area (Å²) in [7, 11) is 0. The smallest absolute Gasteiger partial charge is 0.308 e. The highest BCUT2D eigenvalue weighted by atomic mass is 32.2. The van der Waals surface area contributed by atoms with Crippen LogP contribution >= 0.6 is 23.1 Å². The number of anilines is 1. The van der Waals surface area contributed by atoms with E-state index in [1.807, 2.05) is 42.0 Å². The number of benzene rings is 1. The van der Waals surface area contributed by atoms with Crippen molar-refractivity contribution in [3.05, 3.63) is 58.0 Å². The van der Waals surface area contributed by atoms with Crippen molar-refractivity contribution in [2.24, 2.45) is 0 Å². The summed E-state index contributed by atoms with van der Waals surface area (Å²) in [5.74, 6) is -0.307. The van der Waals surface area contributed by atoms with Crippen molar-refractivity contribution in [2.75, 3.05) is 11.1 Å². The van der Waals surface area contributed by atoms with E-state index in [1.54, 1.807) is 23.7 Å². The predicted molar refractivity (Wildman–Crippen MR) is 112 cm³/mol. The third-order valence-electron chi connectivity index (χ3n) is 4.20. The van der Waals surface area contributed by atoms with E-state index >= 15 is 0 Å². The topological polar surface area (TPSA) is 88.9 Å². The van der Waals surface area contributed by atoms with Gasteiger partial charge < -0.3 is 9.88 Å². The second kappa shape index (κ2) is 9.52. The lowest BCUT2D eigenvalue weighted by Gasteiger charge is -2.11. The van der Waals surface area contributed by atoms with Gasteiger partial charge in [0.25, 0.3) is 0 Å². The molecule has 0 saturated carbocycles. The van der Waals surface area contributed by atoms with Gasteiger partial charge in [0.1, 0.15) is 6.33 Å². The molecule has 0 radical (unpaired) electrons. The van der Waals surface area contributed by atoms with E-state index in [0.29, 0.717) is 10.8 Å². The van der Waals surface area contributed by atoms with Gasteiger partial charge in [-0.25, -0.2) is 4.79 Å². The summed E-state index contributed by atoms with van der Waals surface area (Å²) in [5.41, 5.74) is 2.73. The molecular weight excluding hydrogens is 394 g/mol. The summed E-state index contributed by atoms with van der Waals surface area (Å²) in [6.45, 7) is 4.63. The van der Waals surface area contributed by atoms with Crippen LogP contribution in [0.25, 0.3) is 0 Å². The van der Waals surface area contributed by atoms with E-state index in [0.717, 1.165) is 24.1 Å². The van der Waals surface area contributed by atoms with Crippen molar-refractivity contribution in [2.45, 2.75) is 32.0 Å². The van der Waals surface area contributed by atoms with Crippen LogP contribution in [0.3, 0.4) is 0 Å². The summed E-state index contributed by atoms with van der Waals surface area (Å²) >= 11 is 2.96. The highest BCUT2D eigenvalue weighted by Gasteiger charge is 2.13. The van der Waals surface area contributed by atoms with E-state index in [-0.39, 0.29) is 11.7 Å². The first-order chi connectivity index (χ1) is 13.5. The summed E-state index contributed by atoms with van der Waals surface area (Å²) in [6, 6.07) is 9.20. The Morgan fingerprint density at radius 2 is 2.07 bits per heavy atom. The molecule has 0 atom stereocenters. The normalized spacial score (nSPS) is 10.6. The average molecular weight is 416 g/mol. The number of hydrogen-bond acceptors (Lipinski definition) is 6. The highest BCUT2D eigenvalue weighted by Crippen LogP contribution is 2.18. The van der Waals surface area contributed by atoms with Gasteiger partial charge in [0.05, 0.1) is 5.75 Å². The fourth-order valence-corrected chi connectivity index (χ4v) is 3.97. The number of hydrogen-bond donors (Lipinski definition) is 2. The Hall–Kier alpha value is -2.65. The van der Waals surface area contributed by atoms with Gasteiger partial charge in [0, 0.05) is 17.1 Å². The first-order valence-corrected chi connectivity index (χ1v) is 10.6. The summed E-state index contributed by atoms with van der Waals surface area (Å²) < 4.78 is 1.91. The quantitative estimate of drug-likeness (QED) is 0.575. The third kappa shape index (κ3) is 5.43. The molecule has 3 amide bonds. The Balaban J connectivity index is 1.47. The van der Waals surface area contributed by atoms with Crippen molar-refractivity contribution in [1.29, 1.82) is 0 Å². The summed E-state index contributed by atoms with van der Waals surface area (Å²) in [4.78, 5) is 25.4. The first-order valence-electron chi connectivity index (χ1n) is 8.73. The minimum absolute atomic E-state index is 0.0813. The molecule has 0 aliphatic carbocycles. The molecule has 9 heteroatoms. The van der Waals surface area contributed by atoms with Gasteiger partial charge in [0.2, 0.25) is 5.91 Å². The fraction of sp³-hybridized carbons (Fsp3) is 0.263. The van der Waals surface area contributed by atoms with Gasteiger partial charge in [-0.2, -0.15) is 0 Å². The number of thioether (sulfide) groups is 1. The SMILES string of the molecule is Cc1cccc(NC(=O)NC(=O)CSc2nncn2CCc2cccs2)c1C. The van der Waals surface area contributed by atoms with E-state index in [2.05, 4.69) is 26.9 Å². The van der Waals surface area contributed by atoms with E-state index in [9.17, 15) is 9.59 Å². The van der Waals surface area contributed by atoms with Crippen LogP contribution in [-0.2, 0) is 17.8 Å². The first kappa shape index (κ1) is 20.1. The molecule has 0 saturated heterocycles. The zero-order chi connectivity index (χ0) is 19.9. The Bertz CT molecular complexity index is 953. The van der Waals surface area contributed by atoms with Gasteiger partial charge in [-0.05, 0) is 48.9 Å². The van der Waals surface area contributed by atoms with Crippen molar-refractivity contribution in [1.82, 2.24) is 20.1 Å². The number of urea groups is 1. The number of imide groups is 1. The van der Waals surface area contributed by atoms with Crippen molar-refractivity contribution >= 4 is 40.7 Å². The number of nitrogens with zero attached hydrogens (tertiary/aromatic N) is 3. The zero-order valence-corrected chi connectivity index (χ0v) is 17.3. The minimum Gasteiger partial charge on any atom is -0.308 e. The Kier molecular flexibility index (Phi) is 6.83. The zero-order valence-electron chi connectivity index (χ0n) is 15.6. The van der Waals surface area contributed by atoms with Crippen LogP contribution in [0.5, 0.6) is 0 Å². The summed E-state index contributed by atoms with van der Waals surface area (Å²) in [6.07, 6.45) is 2.54. The monoisotopic (exact) mass is 415 g/mol. The second-order valence-corrected chi connectivity index (χ2v) is 8.15. The van der Waals surface area contributed by atoms with Crippen LogP contribution in [0.1, 0.15) is 16.0 Å². The lowest BCUT2D eigenvalue weighted by molar-refractivity contribution is -0.117. The van der Waals surface area contributed by atoms with E-state index in [4.69, 9.17) is 0 Å². The second-order valence-electron chi connectivity index (χ2n) is 6.17. The molecule has 1 aromatic carbocycles. The standard InChI is InChI=1S/C19H21N5O2S2/c1-13-5-3-7-16(14(13)2)21-18(26)22-17(25)11-28-19-23-20-12-24(19)9-8-15-6-4-10-27-15/h3-7,10,12H,8-9,11H2,1-2H3,(H2,21,22,25,26). The molecule has 3 aromatic rings. The molecule has 0 fully saturated rings. The maximum absolute atomic E-state index is 12.1. The Morgan fingerprint density at radius 1 is 1.21 bits per heavy atom. The maximum Gasteiger partial charge on any atom is 0.325 e. The van der Waals surface area contributed by atoms with Gasteiger partial charge in [-0.3, -0.25) is 10.1 Å². The molecule has 0 spiro atoms. The number of aryl methyl sites for hydroxylation is 3. The third-order valence-corrected chi connectivity index (χ3v) is 6.11. The number of amides is 3. The van der Waals surface area contributed by atoms with Gasteiger partial charge in [-0.15, -0.1) is 21.5 Å². The molecule has 7 nitrogen and oxygen atoms in total. The summed E-state index contributed by atoms with van der Waals surface area (Å²) in [5, 5.41) is 15.7. The van der Waals surface area contributed by atoms with Gasteiger partial charge in [0.15, 0.2) is 5.16 Å². The Labute approximate surface area is 171 Å². The number of nitrogens with one attached hydrogen (secondary N) is 2. The van der Waals surface area contributed by atoms with Crippen LogP contribution in [0.2, 0.25) is 0 Å². The van der Waals surface area contributed by atoms with Crippen LogP contribution in [0.4, 0.5) is 10.5 Å². The molecule has 2 N–H and O–H groups in total. The lowest BCUT2D eigenvalue weighted by atomic mass is 10.1. The fourth-order valence-electron chi connectivity index (χ4n) is 2.53. The maximum atomic E-state index is 12.1. The predicted octanol–water partition coefficient (Wildman–Crippen LogP) is 3.64. The van der Waals surface area contributed by atoms with Crippen LogP contribution < -0.4 is 10.6 Å². The van der Waals surface area contributed by atoms with Crippen LogP contribution in [0.15, 0.2) is 47.2 Å². The number of rotatable bonds is 7. The average Bonchev–Trinajstić information content (AvgIpc) is 3.33. The van der Waals surface area contributed by atoms with E-state index in [1.165, 1.54) is 16.6 Å². The molecule has 0 unspecified atom stereocenters. The van der Waals surface area contributed by atoms with Crippen molar-refractivity contribution in [3.63, 3.8) is 0 Å². The van der Waals surface area contributed by atoms with Gasteiger partial charge >= 0.3 is 6.03 Å². The molecule has 2 aromatic heterocycles. The molecule has 0 aliphatic rings. The van der Waals surface area contributed by atoms with Gasteiger partial charge in [-0.1, -0.05) is 30.0 Å². The number of thiophene rings is 1. The molecular formula is C19H21N5O2S2. The largest absolute Gasteiger partial charge is 0.325 e. The Morgan fingerprint density at radius 3 is 2.86 bits per heavy atom. The lowest BCUT2D eigenvalue weighted by Crippen LogP contribution is -2.35. The number of carbonyl (C=O) groups excluding carboxylic acids is 2. The molecule has 146 valence electrons. The minimum atomic E-state index is -0.543. The molecule has 0 aliphatic heterocycles. The van der Waals surface area contributed by atoms with Crippen molar-refractivity contribution in [3.8, 4) is 0 Å². The van der Waals surface area contributed by atoms with Crippen LogP contribution in [0, 0.1) is 13.8 Å². The molecule has 3 rings (SSSR count).